The molecule has 0 spiro atoms. The zero-order valence-corrected chi connectivity index (χ0v) is 22.7. The molecule has 0 heterocycles. The van der Waals surface area contributed by atoms with Gasteiger partial charge in [-0.2, -0.15) is 0 Å². The van der Waals surface area contributed by atoms with Crippen molar-refractivity contribution in [2.45, 2.75) is 6.92 Å². The maximum Gasteiger partial charge on any atom is 0.0467 e. The number of para-hydroxylation sites is 1. The van der Waals surface area contributed by atoms with Crippen molar-refractivity contribution in [1.29, 1.82) is 0 Å². The first-order valence-corrected chi connectivity index (χ1v) is 13.6. The molecular weight excluding hydrogens is 482 g/mol. The Labute approximate surface area is 237 Å². The normalized spacial score (nSPS) is 10.7. The molecule has 0 unspecified atom stereocenters. The number of hydrogen-bond acceptors (Lipinski definition) is 1. The molecule has 6 rings (SSSR count). The summed E-state index contributed by atoms with van der Waals surface area (Å²) in [4.78, 5) is 2.31. The lowest BCUT2D eigenvalue weighted by Gasteiger charge is -2.26. The van der Waals surface area contributed by atoms with Crippen LogP contribution in [0.25, 0.3) is 27.8 Å². The van der Waals surface area contributed by atoms with Gasteiger partial charge in [0.15, 0.2) is 0 Å². The van der Waals surface area contributed by atoms with Crippen LogP contribution in [0, 0.1) is 6.92 Å². The molecule has 0 fully saturated rings. The van der Waals surface area contributed by atoms with E-state index in [1.165, 1.54) is 27.8 Å². The SMILES string of the molecule is C=C(c1ccc(C)cc1)c1ccc(-c2ccc(N(c3ccccc3)c3cccc(-c4ccccc4)c3)cc2)cc1. The van der Waals surface area contributed by atoms with Crippen molar-refractivity contribution in [3.8, 4) is 22.3 Å². The van der Waals surface area contributed by atoms with Gasteiger partial charge in [-0.15, -0.1) is 0 Å². The van der Waals surface area contributed by atoms with Crippen LogP contribution in [0.1, 0.15) is 16.7 Å². The first-order valence-electron chi connectivity index (χ1n) is 13.6. The van der Waals surface area contributed by atoms with Crippen molar-refractivity contribution in [3.05, 3.63) is 181 Å². The van der Waals surface area contributed by atoms with Crippen LogP contribution in [0.15, 0.2) is 164 Å². The van der Waals surface area contributed by atoms with E-state index in [9.17, 15) is 0 Å². The molecule has 0 radical (unpaired) electrons. The van der Waals surface area contributed by atoms with Gasteiger partial charge >= 0.3 is 0 Å². The Balaban J connectivity index is 1.30. The fourth-order valence-corrected chi connectivity index (χ4v) is 5.07. The number of nitrogens with zero attached hydrogens (tertiary/aromatic N) is 1. The van der Waals surface area contributed by atoms with Crippen molar-refractivity contribution in [1.82, 2.24) is 0 Å². The Bertz CT molecular complexity index is 1710. The zero-order valence-electron chi connectivity index (χ0n) is 22.7. The fourth-order valence-electron chi connectivity index (χ4n) is 5.07. The molecule has 1 nitrogen and oxygen atoms in total. The Morgan fingerprint density at radius 3 is 1.50 bits per heavy atom. The predicted octanol–water partition coefficient (Wildman–Crippen LogP) is 10.9. The van der Waals surface area contributed by atoms with Gasteiger partial charge in [0.05, 0.1) is 0 Å². The first-order chi connectivity index (χ1) is 19.7. The number of aryl methyl sites for hydroxylation is 1. The number of rotatable bonds is 7. The molecule has 0 amide bonds. The lowest BCUT2D eigenvalue weighted by atomic mass is 9.96. The molecule has 0 aliphatic heterocycles. The maximum atomic E-state index is 4.34. The van der Waals surface area contributed by atoms with Crippen LogP contribution in [0.3, 0.4) is 0 Å². The summed E-state index contributed by atoms with van der Waals surface area (Å²) in [5, 5.41) is 0. The summed E-state index contributed by atoms with van der Waals surface area (Å²) >= 11 is 0. The van der Waals surface area contributed by atoms with Crippen LogP contribution in [0.4, 0.5) is 17.1 Å². The monoisotopic (exact) mass is 513 g/mol. The minimum Gasteiger partial charge on any atom is -0.310 e. The third kappa shape index (κ3) is 5.36. The summed E-state index contributed by atoms with van der Waals surface area (Å²) < 4.78 is 0. The fraction of sp³-hybridized carbons (Fsp3) is 0.0256. The molecule has 1 heteroatoms. The summed E-state index contributed by atoms with van der Waals surface area (Å²) in [6.45, 7) is 6.44. The van der Waals surface area contributed by atoms with Gasteiger partial charge in [0.25, 0.3) is 0 Å². The standard InChI is InChI=1S/C39H31N/c1-29-16-18-31(19-17-29)30(2)32-20-22-34(23-21-32)35-24-26-38(27-25-35)40(37-13-7-4-8-14-37)39-15-9-12-36(28-39)33-10-5-3-6-11-33/h3-28H,2H2,1H3. The molecule has 192 valence electrons. The minimum absolute atomic E-state index is 1.04. The van der Waals surface area contributed by atoms with E-state index in [1.807, 2.05) is 0 Å². The second-order valence-corrected chi connectivity index (χ2v) is 10.1. The quantitative estimate of drug-likeness (QED) is 0.205. The van der Waals surface area contributed by atoms with Crippen LogP contribution in [0.2, 0.25) is 0 Å². The van der Waals surface area contributed by atoms with E-state index >= 15 is 0 Å². The van der Waals surface area contributed by atoms with E-state index in [0.717, 1.165) is 33.8 Å². The molecule has 40 heavy (non-hydrogen) atoms. The van der Waals surface area contributed by atoms with Gasteiger partial charge in [-0.25, -0.2) is 0 Å². The molecule has 0 aliphatic rings. The molecule has 0 N–H and O–H groups in total. The topological polar surface area (TPSA) is 3.24 Å². The molecule has 0 bridgehead atoms. The van der Waals surface area contributed by atoms with E-state index in [1.54, 1.807) is 0 Å². The number of anilines is 3. The van der Waals surface area contributed by atoms with Crippen molar-refractivity contribution in [2.24, 2.45) is 0 Å². The van der Waals surface area contributed by atoms with Gasteiger partial charge in [0.1, 0.15) is 0 Å². The van der Waals surface area contributed by atoms with Crippen LogP contribution >= 0.6 is 0 Å². The molecule has 0 aromatic heterocycles. The third-order valence-corrected chi connectivity index (χ3v) is 7.32. The molecule has 6 aromatic carbocycles. The molecular formula is C39H31N. The third-order valence-electron chi connectivity index (χ3n) is 7.32. The molecule has 0 aliphatic carbocycles. The first kappa shape index (κ1) is 25.2. The van der Waals surface area contributed by atoms with Gasteiger partial charge in [-0.05, 0) is 82.3 Å². The van der Waals surface area contributed by atoms with E-state index in [2.05, 4.69) is 176 Å². The summed E-state index contributed by atoms with van der Waals surface area (Å²) in [5.41, 5.74) is 12.7. The van der Waals surface area contributed by atoms with Crippen molar-refractivity contribution in [2.75, 3.05) is 4.90 Å². The summed E-state index contributed by atoms with van der Waals surface area (Å²) in [7, 11) is 0. The molecule has 6 aromatic rings. The molecule has 0 saturated carbocycles. The van der Waals surface area contributed by atoms with Gasteiger partial charge in [0, 0.05) is 17.1 Å². The van der Waals surface area contributed by atoms with Crippen LogP contribution in [-0.4, -0.2) is 0 Å². The summed E-state index contributed by atoms with van der Waals surface area (Å²) in [6.07, 6.45) is 0. The van der Waals surface area contributed by atoms with Gasteiger partial charge in [-0.3, -0.25) is 0 Å². The summed E-state index contributed by atoms with van der Waals surface area (Å²) in [5.74, 6) is 0. The largest absolute Gasteiger partial charge is 0.310 e. The van der Waals surface area contributed by atoms with E-state index in [-0.39, 0.29) is 0 Å². The average molecular weight is 514 g/mol. The molecule has 0 atom stereocenters. The van der Waals surface area contributed by atoms with E-state index < -0.39 is 0 Å². The number of hydrogen-bond donors (Lipinski definition) is 0. The molecule has 0 saturated heterocycles. The lowest BCUT2D eigenvalue weighted by Crippen LogP contribution is -2.09. The predicted molar refractivity (Wildman–Crippen MR) is 171 cm³/mol. The Morgan fingerprint density at radius 2 is 0.875 bits per heavy atom. The smallest absolute Gasteiger partial charge is 0.0467 e. The van der Waals surface area contributed by atoms with Gasteiger partial charge in [0.2, 0.25) is 0 Å². The Hall–Kier alpha value is -5.14. The van der Waals surface area contributed by atoms with E-state index in [4.69, 9.17) is 0 Å². The second-order valence-electron chi connectivity index (χ2n) is 10.1. The number of benzene rings is 6. The average Bonchev–Trinajstić information content (AvgIpc) is 3.03. The van der Waals surface area contributed by atoms with Crippen LogP contribution in [0.5, 0.6) is 0 Å². The highest BCUT2D eigenvalue weighted by atomic mass is 15.1. The van der Waals surface area contributed by atoms with Gasteiger partial charge < -0.3 is 4.90 Å². The van der Waals surface area contributed by atoms with Crippen LogP contribution in [-0.2, 0) is 0 Å². The van der Waals surface area contributed by atoms with E-state index in [0.29, 0.717) is 0 Å². The highest BCUT2D eigenvalue weighted by Gasteiger charge is 2.13. The Kier molecular flexibility index (Phi) is 7.11. The lowest BCUT2D eigenvalue weighted by molar-refractivity contribution is 1.28. The van der Waals surface area contributed by atoms with Gasteiger partial charge in [-0.1, -0.05) is 133 Å². The Morgan fingerprint density at radius 1 is 0.425 bits per heavy atom. The van der Waals surface area contributed by atoms with Crippen molar-refractivity contribution in [3.63, 3.8) is 0 Å². The second kappa shape index (κ2) is 11.3. The minimum atomic E-state index is 1.04. The van der Waals surface area contributed by atoms with Crippen molar-refractivity contribution >= 4 is 22.6 Å². The highest BCUT2D eigenvalue weighted by Crippen LogP contribution is 2.37. The summed E-state index contributed by atoms with van der Waals surface area (Å²) in [6, 6.07) is 55.9. The highest BCUT2D eigenvalue weighted by molar-refractivity contribution is 5.82. The maximum absolute atomic E-state index is 4.34. The van der Waals surface area contributed by atoms with Crippen molar-refractivity contribution < 1.29 is 0 Å². The zero-order chi connectivity index (χ0) is 27.3. The van der Waals surface area contributed by atoms with Crippen LogP contribution < -0.4 is 4.90 Å².